The Morgan fingerprint density at radius 1 is 1.24 bits per heavy atom. The van der Waals surface area contributed by atoms with Gasteiger partial charge in [-0.1, -0.05) is 0 Å². The van der Waals surface area contributed by atoms with Gasteiger partial charge in [0.1, 0.15) is 6.04 Å². The SMILES string of the molecule is CNC(=O)C(C)NC(=O)Nc1ccc(N)cc1. The second kappa shape index (κ2) is 5.74. The summed E-state index contributed by atoms with van der Waals surface area (Å²) in [5.74, 6) is -0.252. The Balaban J connectivity index is 2.50. The molecule has 5 N–H and O–H groups in total. The molecular weight excluding hydrogens is 220 g/mol. The molecule has 0 aliphatic rings. The number of hydrogen-bond donors (Lipinski definition) is 4. The van der Waals surface area contributed by atoms with E-state index in [1.807, 2.05) is 0 Å². The fourth-order valence-corrected chi connectivity index (χ4v) is 1.21. The number of amides is 3. The lowest BCUT2D eigenvalue weighted by Gasteiger charge is -2.13. The molecule has 0 heterocycles. The number of nitrogens with two attached hydrogens (primary N) is 1. The maximum atomic E-state index is 11.5. The van der Waals surface area contributed by atoms with Gasteiger partial charge in [0.25, 0.3) is 0 Å². The van der Waals surface area contributed by atoms with Crippen molar-refractivity contribution in [2.75, 3.05) is 18.1 Å². The molecule has 0 saturated heterocycles. The van der Waals surface area contributed by atoms with E-state index < -0.39 is 12.1 Å². The van der Waals surface area contributed by atoms with E-state index in [1.54, 1.807) is 31.2 Å². The number of anilines is 2. The Morgan fingerprint density at radius 3 is 2.35 bits per heavy atom. The predicted octanol–water partition coefficient (Wildman–Crippen LogP) is 0.525. The minimum Gasteiger partial charge on any atom is -0.399 e. The molecule has 0 fully saturated rings. The summed E-state index contributed by atoms with van der Waals surface area (Å²) >= 11 is 0. The van der Waals surface area contributed by atoms with E-state index >= 15 is 0 Å². The van der Waals surface area contributed by atoms with Crippen LogP contribution in [0.1, 0.15) is 6.92 Å². The molecule has 1 atom stereocenters. The zero-order chi connectivity index (χ0) is 12.8. The lowest BCUT2D eigenvalue weighted by Crippen LogP contribution is -2.45. The van der Waals surface area contributed by atoms with E-state index in [9.17, 15) is 9.59 Å². The molecule has 0 saturated carbocycles. The second-order valence-corrected chi connectivity index (χ2v) is 3.56. The molecule has 0 bridgehead atoms. The first-order chi connectivity index (χ1) is 8.02. The molecule has 6 heteroatoms. The van der Waals surface area contributed by atoms with Gasteiger partial charge in [-0.2, -0.15) is 0 Å². The highest BCUT2D eigenvalue weighted by Crippen LogP contribution is 2.09. The van der Waals surface area contributed by atoms with E-state index in [1.165, 1.54) is 7.05 Å². The summed E-state index contributed by atoms with van der Waals surface area (Å²) in [7, 11) is 1.51. The highest BCUT2D eigenvalue weighted by molar-refractivity contribution is 5.93. The molecule has 1 aromatic rings. The van der Waals surface area contributed by atoms with Crippen molar-refractivity contribution in [2.24, 2.45) is 0 Å². The lowest BCUT2D eigenvalue weighted by molar-refractivity contribution is -0.122. The van der Waals surface area contributed by atoms with Gasteiger partial charge in [-0.25, -0.2) is 4.79 Å². The Labute approximate surface area is 99.6 Å². The maximum absolute atomic E-state index is 11.5. The third kappa shape index (κ3) is 4.02. The molecule has 1 aromatic carbocycles. The van der Waals surface area contributed by atoms with Crippen LogP contribution >= 0.6 is 0 Å². The van der Waals surface area contributed by atoms with Crippen LogP contribution in [0.4, 0.5) is 16.2 Å². The summed E-state index contributed by atoms with van der Waals surface area (Å²) in [6.07, 6.45) is 0. The Kier molecular flexibility index (Phi) is 4.33. The molecule has 1 rings (SSSR count). The molecule has 0 radical (unpaired) electrons. The number of nitrogen functional groups attached to an aromatic ring is 1. The van der Waals surface area contributed by atoms with Crippen molar-refractivity contribution in [1.29, 1.82) is 0 Å². The van der Waals surface area contributed by atoms with Gasteiger partial charge in [0.15, 0.2) is 0 Å². The lowest BCUT2D eigenvalue weighted by atomic mass is 10.3. The topological polar surface area (TPSA) is 96.2 Å². The molecule has 0 aliphatic carbocycles. The molecule has 1 unspecified atom stereocenters. The number of benzene rings is 1. The smallest absolute Gasteiger partial charge is 0.319 e. The van der Waals surface area contributed by atoms with Crippen LogP contribution in [-0.4, -0.2) is 25.0 Å². The Bertz CT molecular complexity index is 402. The van der Waals surface area contributed by atoms with E-state index in [2.05, 4.69) is 16.0 Å². The zero-order valence-electron chi connectivity index (χ0n) is 9.78. The standard InChI is InChI=1S/C11H16N4O2/c1-7(10(16)13-2)14-11(17)15-9-5-3-8(12)4-6-9/h3-7H,12H2,1-2H3,(H,13,16)(H2,14,15,17). The summed E-state index contributed by atoms with van der Waals surface area (Å²) in [6, 6.07) is 5.69. The normalized spacial score (nSPS) is 11.4. The summed E-state index contributed by atoms with van der Waals surface area (Å²) in [5, 5.41) is 7.54. The highest BCUT2D eigenvalue weighted by Gasteiger charge is 2.13. The van der Waals surface area contributed by atoms with Crippen LogP contribution in [0.2, 0.25) is 0 Å². The van der Waals surface area contributed by atoms with Crippen LogP contribution in [0.15, 0.2) is 24.3 Å². The van der Waals surface area contributed by atoms with Crippen molar-refractivity contribution in [3.05, 3.63) is 24.3 Å². The maximum Gasteiger partial charge on any atom is 0.319 e. The number of rotatable bonds is 3. The van der Waals surface area contributed by atoms with Crippen LogP contribution in [0, 0.1) is 0 Å². The fourth-order valence-electron chi connectivity index (χ4n) is 1.21. The van der Waals surface area contributed by atoms with Crippen LogP contribution in [0.5, 0.6) is 0 Å². The molecule has 0 spiro atoms. The number of urea groups is 1. The first kappa shape index (κ1) is 12.8. The fraction of sp³-hybridized carbons (Fsp3) is 0.273. The first-order valence-electron chi connectivity index (χ1n) is 5.17. The summed E-state index contributed by atoms with van der Waals surface area (Å²) in [6.45, 7) is 1.60. The quantitative estimate of drug-likeness (QED) is 0.576. The average Bonchev–Trinajstić information content (AvgIpc) is 2.30. The minimum atomic E-state index is -0.589. The first-order valence-corrected chi connectivity index (χ1v) is 5.17. The van der Waals surface area contributed by atoms with E-state index in [-0.39, 0.29) is 5.91 Å². The monoisotopic (exact) mass is 236 g/mol. The van der Waals surface area contributed by atoms with Gasteiger partial charge in [0.05, 0.1) is 0 Å². The van der Waals surface area contributed by atoms with Crippen molar-refractivity contribution in [1.82, 2.24) is 10.6 Å². The molecule has 92 valence electrons. The molecule has 3 amide bonds. The second-order valence-electron chi connectivity index (χ2n) is 3.56. The summed E-state index contributed by atoms with van der Waals surface area (Å²) < 4.78 is 0. The van der Waals surface area contributed by atoms with Gasteiger partial charge in [0.2, 0.25) is 5.91 Å². The van der Waals surface area contributed by atoms with Crippen molar-refractivity contribution in [2.45, 2.75) is 13.0 Å². The minimum absolute atomic E-state index is 0.252. The van der Waals surface area contributed by atoms with Crippen molar-refractivity contribution in [3.63, 3.8) is 0 Å². The highest BCUT2D eigenvalue weighted by atomic mass is 16.2. The van der Waals surface area contributed by atoms with E-state index in [4.69, 9.17) is 5.73 Å². The Morgan fingerprint density at radius 2 is 1.82 bits per heavy atom. The number of likely N-dealkylation sites (N-methyl/N-ethyl adjacent to an activating group) is 1. The average molecular weight is 236 g/mol. The molecular formula is C11H16N4O2. The molecule has 6 nitrogen and oxygen atoms in total. The van der Waals surface area contributed by atoms with Gasteiger partial charge in [0, 0.05) is 18.4 Å². The van der Waals surface area contributed by atoms with Crippen LogP contribution in [-0.2, 0) is 4.79 Å². The van der Waals surface area contributed by atoms with Crippen molar-refractivity contribution in [3.8, 4) is 0 Å². The van der Waals surface area contributed by atoms with Crippen LogP contribution in [0.25, 0.3) is 0 Å². The number of carbonyl (C=O) groups is 2. The van der Waals surface area contributed by atoms with Gasteiger partial charge < -0.3 is 21.7 Å². The van der Waals surface area contributed by atoms with Gasteiger partial charge in [-0.15, -0.1) is 0 Å². The summed E-state index contributed by atoms with van der Waals surface area (Å²) in [4.78, 5) is 22.7. The third-order valence-corrected chi connectivity index (χ3v) is 2.16. The number of carbonyl (C=O) groups excluding carboxylic acids is 2. The summed E-state index contributed by atoms with van der Waals surface area (Å²) in [5.41, 5.74) is 6.75. The number of nitrogens with one attached hydrogen (secondary N) is 3. The van der Waals surface area contributed by atoms with Gasteiger partial charge >= 0.3 is 6.03 Å². The third-order valence-electron chi connectivity index (χ3n) is 2.16. The zero-order valence-corrected chi connectivity index (χ0v) is 9.78. The van der Waals surface area contributed by atoms with Gasteiger partial charge in [-0.3, -0.25) is 4.79 Å². The van der Waals surface area contributed by atoms with Crippen molar-refractivity contribution < 1.29 is 9.59 Å². The van der Waals surface area contributed by atoms with Crippen LogP contribution in [0.3, 0.4) is 0 Å². The van der Waals surface area contributed by atoms with Crippen molar-refractivity contribution >= 4 is 23.3 Å². The molecule has 0 aromatic heterocycles. The Hall–Kier alpha value is -2.24. The predicted molar refractivity (Wildman–Crippen MR) is 66.5 cm³/mol. The molecule has 17 heavy (non-hydrogen) atoms. The van der Waals surface area contributed by atoms with E-state index in [0.29, 0.717) is 11.4 Å². The van der Waals surface area contributed by atoms with Gasteiger partial charge in [-0.05, 0) is 31.2 Å². The largest absolute Gasteiger partial charge is 0.399 e. The van der Waals surface area contributed by atoms with E-state index in [0.717, 1.165) is 0 Å². The van der Waals surface area contributed by atoms with Crippen LogP contribution < -0.4 is 21.7 Å². The molecule has 0 aliphatic heterocycles. The number of hydrogen-bond acceptors (Lipinski definition) is 3.